The van der Waals surface area contributed by atoms with Crippen molar-refractivity contribution in [2.24, 2.45) is 5.41 Å². The third kappa shape index (κ3) is 4.46. The Balaban J connectivity index is 2.49. The van der Waals surface area contributed by atoms with Gasteiger partial charge in [0.1, 0.15) is 0 Å². The Morgan fingerprint density at radius 2 is 2.00 bits per heavy atom. The summed E-state index contributed by atoms with van der Waals surface area (Å²) in [6.45, 7) is 5.67. The third-order valence-electron chi connectivity index (χ3n) is 2.92. The lowest BCUT2D eigenvalue weighted by molar-refractivity contribution is 0.280. The van der Waals surface area contributed by atoms with Crippen LogP contribution >= 0.6 is 0 Å². The molecule has 2 N–H and O–H groups in total. The Kier molecular flexibility index (Phi) is 4.53. The molecule has 0 heterocycles. The topological polar surface area (TPSA) is 53.0 Å². The summed E-state index contributed by atoms with van der Waals surface area (Å²) in [5.74, 6) is 0. The second kappa shape index (κ2) is 5.70. The van der Waals surface area contributed by atoms with Crippen molar-refractivity contribution >= 4 is 5.69 Å². The molecular weight excluding hydrogens is 210 g/mol. The Hall–Kier alpha value is -1.53. The van der Waals surface area contributed by atoms with E-state index in [2.05, 4.69) is 18.0 Å². The number of anilines is 1. The zero-order valence-electron chi connectivity index (χ0n) is 10.9. The van der Waals surface area contributed by atoms with Gasteiger partial charge in [-0.1, -0.05) is 18.2 Å². The molecule has 0 amide bonds. The number of nitrogens with zero attached hydrogens (tertiary/aromatic N) is 2. The maximum Gasteiger partial charge on any atom is 0.0684 e. The van der Waals surface area contributed by atoms with E-state index in [4.69, 9.17) is 11.0 Å². The lowest BCUT2D eigenvalue weighted by atomic mass is 9.91. The van der Waals surface area contributed by atoms with E-state index in [9.17, 15) is 0 Å². The normalized spacial score (nSPS) is 11.5. The number of nitrogen functional groups attached to an aromatic ring is 1. The van der Waals surface area contributed by atoms with Crippen LogP contribution in [0.1, 0.15) is 25.8 Å². The van der Waals surface area contributed by atoms with Gasteiger partial charge in [0.2, 0.25) is 0 Å². The van der Waals surface area contributed by atoms with Gasteiger partial charge < -0.3 is 10.6 Å². The van der Waals surface area contributed by atoms with Crippen LogP contribution in [0.3, 0.4) is 0 Å². The minimum atomic E-state index is -0.253. The number of nitrogens with two attached hydrogens (primary N) is 1. The van der Waals surface area contributed by atoms with Crippen molar-refractivity contribution in [1.82, 2.24) is 4.90 Å². The summed E-state index contributed by atoms with van der Waals surface area (Å²) in [5.41, 5.74) is 7.62. The number of para-hydroxylation sites is 1. The summed E-state index contributed by atoms with van der Waals surface area (Å²) in [6, 6.07) is 10.2. The van der Waals surface area contributed by atoms with E-state index in [-0.39, 0.29) is 5.41 Å². The summed E-state index contributed by atoms with van der Waals surface area (Å²) < 4.78 is 0. The predicted octanol–water partition coefficient (Wildman–Crippen LogP) is 2.64. The maximum atomic E-state index is 8.95. The first-order chi connectivity index (χ1) is 7.94. The van der Waals surface area contributed by atoms with Gasteiger partial charge in [-0.2, -0.15) is 5.26 Å². The minimum absolute atomic E-state index is 0.253. The van der Waals surface area contributed by atoms with E-state index >= 15 is 0 Å². The molecule has 0 radical (unpaired) electrons. The van der Waals surface area contributed by atoms with Gasteiger partial charge in [0.05, 0.1) is 11.5 Å². The molecule has 0 spiro atoms. The van der Waals surface area contributed by atoms with E-state index in [0.29, 0.717) is 0 Å². The molecule has 17 heavy (non-hydrogen) atoms. The molecule has 0 unspecified atom stereocenters. The highest BCUT2D eigenvalue weighted by Gasteiger charge is 2.17. The first-order valence-electron chi connectivity index (χ1n) is 5.88. The van der Waals surface area contributed by atoms with E-state index < -0.39 is 0 Å². The highest BCUT2D eigenvalue weighted by Crippen LogP contribution is 2.19. The highest BCUT2D eigenvalue weighted by molar-refractivity contribution is 5.46. The van der Waals surface area contributed by atoms with E-state index in [1.54, 1.807) is 0 Å². The van der Waals surface area contributed by atoms with Crippen LogP contribution in [0.2, 0.25) is 0 Å². The second-order valence-electron chi connectivity index (χ2n) is 5.18. The van der Waals surface area contributed by atoms with Crippen molar-refractivity contribution in [2.75, 3.05) is 19.3 Å². The average molecular weight is 231 g/mol. The van der Waals surface area contributed by atoms with Crippen LogP contribution in [0.4, 0.5) is 5.69 Å². The number of hydrogen-bond acceptors (Lipinski definition) is 3. The SMILES string of the molecule is CN(CCC(C)(C)C#N)Cc1ccccc1N. The van der Waals surface area contributed by atoms with Gasteiger partial charge in [0.15, 0.2) is 0 Å². The lowest BCUT2D eigenvalue weighted by Crippen LogP contribution is -2.24. The summed E-state index contributed by atoms with van der Waals surface area (Å²) in [4.78, 5) is 2.20. The fourth-order valence-corrected chi connectivity index (χ4v) is 1.57. The molecule has 1 rings (SSSR count). The lowest BCUT2D eigenvalue weighted by Gasteiger charge is -2.22. The van der Waals surface area contributed by atoms with Crippen LogP contribution in [0, 0.1) is 16.7 Å². The van der Waals surface area contributed by atoms with Crippen molar-refractivity contribution in [1.29, 1.82) is 5.26 Å². The van der Waals surface area contributed by atoms with Gasteiger partial charge in [-0.3, -0.25) is 0 Å². The van der Waals surface area contributed by atoms with Gasteiger partial charge in [-0.15, -0.1) is 0 Å². The fraction of sp³-hybridized carbons (Fsp3) is 0.500. The first-order valence-corrected chi connectivity index (χ1v) is 5.88. The van der Waals surface area contributed by atoms with Gasteiger partial charge in [0, 0.05) is 12.2 Å². The van der Waals surface area contributed by atoms with Crippen LogP contribution in [0.15, 0.2) is 24.3 Å². The predicted molar refractivity (Wildman–Crippen MR) is 71.2 cm³/mol. The Bertz CT molecular complexity index is 404. The molecule has 3 heteroatoms. The molecule has 0 saturated carbocycles. The van der Waals surface area contributed by atoms with Crippen LogP contribution < -0.4 is 5.73 Å². The molecule has 0 atom stereocenters. The van der Waals surface area contributed by atoms with Crippen LogP contribution in [-0.4, -0.2) is 18.5 Å². The largest absolute Gasteiger partial charge is 0.398 e. The van der Waals surface area contributed by atoms with Crippen molar-refractivity contribution < 1.29 is 0 Å². The van der Waals surface area contributed by atoms with E-state index in [1.807, 2.05) is 38.1 Å². The smallest absolute Gasteiger partial charge is 0.0684 e. The van der Waals surface area contributed by atoms with Crippen molar-refractivity contribution in [3.63, 3.8) is 0 Å². The molecule has 1 aromatic carbocycles. The summed E-state index contributed by atoms with van der Waals surface area (Å²) in [7, 11) is 2.06. The fourth-order valence-electron chi connectivity index (χ4n) is 1.57. The summed E-state index contributed by atoms with van der Waals surface area (Å²) in [6.07, 6.45) is 0.868. The molecule has 92 valence electrons. The maximum absolute atomic E-state index is 8.95. The standard InChI is InChI=1S/C14H21N3/c1-14(2,11-15)8-9-17(3)10-12-6-4-5-7-13(12)16/h4-7H,8-10,16H2,1-3H3. The number of benzene rings is 1. The number of hydrogen-bond donors (Lipinski definition) is 1. The van der Waals surface area contributed by atoms with Crippen LogP contribution in [0.5, 0.6) is 0 Å². The molecule has 0 fully saturated rings. The third-order valence-corrected chi connectivity index (χ3v) is 2.92. The zero-order chi connectivity index (χ0) is 12.9. The molecular formula is C14H21N3. The Labute approximate surface area is 104 Å². The van der Waals surface area contributed by atoms with E-state index in [1.165, 1.54) is 0 Å². The van der Waals surface area contributed by atoms with Gasteiger partial charge in [-0.25, -0.2) is 0 Å². The molecule has 0 aliphatic rings. The number of nitriles is 1. The highest BCUT2D eigenvalue weighted by atomic mass is 15.1. The van der Waals surface area contributed by atoms with E-state index in [0.717, 1.165) is 30.8 Å². The first kappa shape index (κ1) is 13.5. The molecule has 0 aromatic heterocycles. The second-order valence-corrected chi connectivity index (χ2v) is 5.18. The van der Waals surface area contributed by atoms with Gasteiger partial charge in [0.25, 0.3) is 0 Å². The summed E-state index contributed by atoms with van der Waals surface area (Å²) >= 11 is 0. The molecule has 0 aliphatic carbocycles. The monoisotopic (exact) mass is 231 g/mol. The molecule has 1 aromatic rings. The van der Waals surface area contributed by atoms with Crippen LogP contribution in [0.25, 0.3) is 0 Å². The quantitative estimate of drug-likeness (QED) is 0.793. The van der Waals surface area contributed by atoms with Crippen LogP contribution in [-0.2, 0) is 6.54 Å². The molecule has 3 nitrogen and oxygen atoms in total. The zero-order valence-corrected chi connectivity index (χ0v) is 10.9. The average Bonchev–Trinajstić information content (AvgIpc) is 2.30. The van der Waals surface area contributed by atoms with Crippen molar-refractivity contribution in [2.45, 2.75) is 26.8 Å². The van der Waals surface area contributed by atoms with Crippen molar-refractivity contribution in [3.8, 4) is 6.07 Å². The van der Waals surface area contributed by atoms with Gasteiger partial charge in [-0.05, 0) is 45.5 Å². The van der Waals surface area contributed by atoms with Crippen molar-refractivity contribution in [3.05, 3.63) is 29.8 Å². The minimum Gasteiger partial charge on any atom is -0.398 e. The van der Waals surface area contributed by atoms with Gasteiger partial charge >= 0.3 is 0 Å². The summed E-state index contributed by atoms with van der Waals surface area (Å²) in [5, 5.41) is 8.95. The Morgan fingerprint density at radius 3 is 2.59 bits per heavy atom. The molecule has 0 bridgehead atoms. The molecule has 0 saturated heterocycles. The Morgan fingerprint density at radius 1 is 1.35 bits per heavy atom. The molecule has 0 aliphatic heterocycles. The number of rotatable bonds is 5.